The van der Waals surface area contributed by atoms with Gasteiger partial charge in [-0.25, -0.2) is 13.9 Å². The van der Waals surface area contributed by atoms with Crippen molar-refractivity contribution >= 4 is 21.6 Å². The van der Waals surface area contributed by atoms with Crippen molar-refractivity contribution in [3.05, 3.63) is 53.0 Å². The number of fused-ring (bicyclic) bond motifs is 1. The highest BCUT2D eigenvalue weighted by atomic mass is 79.9. The minimum absolute atomic E-state index is 0.251. The van der Waals surface area contributed by atoms with E-state index in [4.69, 9.17) is 0 Å². The van der Waals surface area contributed by atoms with Crippen LogP contribution in [0.5, 0.6) is 0 Å². The summed E-state index contributed by atoms with van der Waals surface area (Å²) in [6.45, 7) is 0. The third-order valence-electron chi connectivity index (χ3n) is 2.46. The molecule has 0 atom stereocenters. The third-order valence-corrected chi connectivity index (χ3v) is 3.00. The van der Waals surface area contributed by atoms with Crippen molar-refractivity contribution in [2.45, 2.75) is 0 Å². The summed E-state index contributed by atoms with van der Waals surface area (Å²) in [6.07, 6.45) is 1.69. The molecule has 0 saturated carbocycles. The molecule has 84 valence electrons. The van der Waals surface area contributed by atoms with Gasteiger partial charge in [-0.15, -0.1) is 0 Å². The molecule has 0 aliphatic carbocycles. The second-order valence-electron chi connectivity index (χ2n) is 3.58. The van der Waals surface area contributed by atoms with Crippen LogP contribution in [0.3, 0.4) is 0 Å². The highest BCUT2D eigenvalue weighted by molar-refractivity contribution is 9.10. The van der Waals surface area contributed by atoms with E-state index in [1.165, 1.54) is 12.1 Å². The van der Waals surface area contributed by atoms with Crippen LogP contribution < -0.4 is 0 Å². The van der Waals surface area contributed by atoms with E-state index in [-0.39, 0.29) is 5.82 Å². The summed E-state index contributed by atoms with van der Waals surface area (Å²) in [7, 11) is 0. The van der Waals surface area contributed by atoms with Crippen molar-refractivity contribution in [1.82, 2.24) is 14.6 Å². The third kappa shape index (κ3) is 1.82. The van der Waals surface area contributed by atoms with Gasteiger partial charge in [-0.1, -0.05) is 0 Å². The summed E-state index contributed by atoms with van der Waals surface area (Å²) in [6, 6.07) is 9.98. The highest BCUT2D eigenvalue weighted by Gasteiger charge is 2.04. The molecule has 3 nitrogen and oxygen atoms in total. The lowest BCUT2D eigenvalue weighted by Crippen LogP contribution is -1.94. The van der Waals surface area contributed by atoms with Gasteiger partial charge in [0.25, 0.3) is 0 Å². The lowest BCUT2D eigenvalue weighted by atomic mass is 10.1. The molecule has 0 amide bonds. The lowest BCUT2D eigenvalue weighted by molar-refractivity contribution is 0.628. The van der Waals surface area contributed by atoms with Crippen LogP contribution in [0.1, 0.15) is 0 Å². The molecule has 0 fully saturated rings. The monoisotopic (exact) mass is 291 g/mol. The van der Waals surface area contributed by atoms with Crippen LogP contribution in [0, 0.1) is 5.82 Å². The normalized spacial score (nSPS) is 10.9. The Bertz CT molecular complexity index is 676. The maximum Gasteiger partial charge on any atom is 0.154 e. The van der Waals surface area contributed by atoms with Crippen LogP contribution >= 0.6 is 15.9 Å². The maximum atomic E-state index is 12.8. The fraction of sp³-hybridized carbons (Fsp3) is 0. The molecule has 5 heteroatoms. The summed E-state index contributed by atoms with van der Waals surface area (Å²) in [5.74, 6) is -0.251. The molecule has 0 aliphatic heterocycles. The SMILES string of the molecule is Fc1ccc(-c2ccc3ncc(Br)n3n2)cc1. The quantitative estimate of drug-likeness (QED) is 0.689. The molecule has 2 aromatic heterocycles. The lowest BCUT2D eigenvalue weighted by Gasteiger charge is -2.01. The number of nitrogens with zero attached hydrogens (tertiary/aromatic N) is 3. The number of aromatic nitrogens is 3. The van der Waals surface area contributed by atoms with Crippen molar-refractivity contribution in [2.75, 3.05) is 0 Å². The summed E-state index contributed by atoms with van der Waals surface area (Å²) in [5.41, 5.74) is 2.41. The van der Waals surface area contributed by atoms with Gasteiger partial charge >= 0.3 is 0 Å². The van der Waals surface area contributed by atoms with Gasteiger partial charge in [-0.05, 0) is 52.3 Å². The molecule has 0 radical (unpaired) electrons. The van der Waals surface area contributed by atoms with E-state index in [9.17, 15) is 4.39 Å². The topological polar surface area (TPSA) is 30.2 Å². The van der Waals surface area contributed by atoms with Gasteiger partial charge in [-0.2, -0.15) is 5.10 Å². The van der Waals surface area contributed by atoms with Crippen LogP contribution in [0.25, 0.3) is 16.9 Å². The molecule has 3 aromatic rings. The molecule has 0 unspecified atom stereocenters. The summed E-state index contributed by atoms with van der Waals surface area (Å²) < 4.78 is 15.3. The number of halogens is 2. The van der Waals surface area contributed by atoms with E-state index in [0.717, 1.165) is 21.5 Å². The second-order valence-corrected chi connectivity index (χ2v) is 4.39. The zero-order valence-corrected chi connectivity index (χ0v) is 10.2. The Morgan fingerprint density at radius 2 is 1.82 bits per heavy atom. The first-order valence-corrected chi connectivity index (χ1v) is 5.79. The predicted molar refractivity (Wildman–Crippen MR) is 66.1 cm³/mol. The molecule has 0 saturated heterocycles. The van der Waals surface area contributed by atoms with Crippen LogP contribution in [0.2, 0.25) is 0 Å². The second kappa shape index (κ2) is 3.92. The van der Waals surface area contributed by atoms with Crippen LogP contribution in [-0.4, -0.2) is 14.6 Å². The van der Waals surface area contributed by atoms with Gasteiger partial charge in [0.05, 0.1) is 11.9 Å². The summed E-state index contributed by atoms with van der Waals surface area (Å²) in [4.78, 5) is 4.16. The highest BCUT2D eigenvalue weighted by Crippen LogP contribution is 2.19. The van der Waals surface area contributed by atoms with Crippen molar-refractivity contribution in [3.8, 4) is 11.3 Å². The molecule has 0 aliphatic rings. The first-order valence-electron chi connectivity index (χ1n) is 5.00. The van der Waals surface area contributed by atoms with Crippen LogP contribution in [-0.2, 0) is 0 Å². The van der Waals surface area contributed by atoms with E-state index in [2.05, 4.69) is 26.0 Å². The van der Waals surface area contributed by atoms with Crippen molar-refractivity contribution < 1.29 is 4.39 Å². The number of rotatable bonds is 1. The van der Waals surface area contributed by atoms with Gasteiger partial charge in [0.15, 0.2) is 5.65 Å². The predicted octanol–water partition coefficient (Wildman–Crippen LogP) is 3.30. The molecule has 2 heterocycles. The Kier molecular flexibility index (Phi) is 2.40. The van der Waals surface area contributed by atoms with Gasteiger partial charge < -0.3 is 0 Å². The van der Waals surface area contributed by atoms with Gasteiger partial charge in [-0.3, -0.25) is 0 Å². The van der Waals surface area contributed by atoms with E-state index in [1.54, 1.807) is 22.8 Å². The molecule has 0 spiro atoms. The van der Waals surface area contributed by atoms with Crippen molar-refractivity contribution in [3.63, 3.8) is 0 Å². The fourth-order valence-corrected chi connectivity index (χ4v) is 1.98. The molecular weight excluding hydrogens is 285 g/mol. The molecular formula is C12H7BrFN3. The van der Waals surface area contributed by atoms with Crippen LogP contribution in [0.4, 0.5) is 4.39 Å². The Labute approximate surface area is 105 Å². The molecule has 3 rings (SSSR count). The zero-order valence-electron chi connectivity index (χ0n) is 8.64. The average Bonchev–Trinajstić information content (AvgIpc) is 2.72. The van der Waals surface area contributed by atoms with Gasteiger partial charge in [0.2, 0.25) is 0 Å². The number of hydrogen-bond donors (Lipinski definition) is 0. The standard InChI is InChI=1S/C12H7BrFN3/c13-11-7-15-12-6-5-10(16-17(11)12)8-1-3-9(14)4-2-8/h1-7H. The number of hydrogen-bond acceptors (Lipinski definition) is 2. The first kappa shape index (κ1) is 10.4. The van der Waals surface area contributed by atoms with E-state index >= 15 is 0 Å². The van der Waals surface area contributed by atoms with Gasteiger partial charge in [0.1, 0.15) is 10.4 Å². The Hall–Kier alpha value is -1.75. The fourth-order valence-electron chi connectivity index (χ4n) is 1.62. The van der Waals surface area contributed by atoms with E-state index in [1.807, 2.05) is 12.1 Å². The molecule has 1 aromatic carbocycles. The summed E-state index contributed by atoms with van der Waals surface area (Å²) >= 11 is 3.36. The minimum Gasteiger partial charge on any atom is -0.234 e. The summed E-state index contributed by atoms with van der Waals surface area (Å²) in [5, 5.41) is 4.42. The van der Waals surface area contributed by atoms with E-state index < -0.39 is 0 Å². The maximum absolute atomic E-state index is 12.8. The van der Waals surface area contributed by atoms with Crippen molar-refractivity contribution in [1.29, 1.82) is 0 Å². The van der Waals surface area contributed by atoms with Crippen LogP contribution in [0.15, 0.2) is 47.2 Å². The smallest absolute Gasteiger partial charge is 0.154 e. The Balaban J connectivity index is 2.17. The minimum atomic E-state index is -0.251. The largest absolute Gasteiger partial charge is 0.234 e. The molecule has 0 bridgehead atoms. The van der Waals surface area contributed by atoms with E-state index in [0.29, 0.717) is 0 Å². The molecule has 17 heavy (non-hydrogen) atoms. The number of benzene rings is 1. The zero-order chi connectivity index (χ0) is 11.8. The Morgan fingerprint density at radius 3 is 2.59 bits per heavy atom. The Morgan fingerprint density at radius 1 is 1.06 bits per heavy atom. The number of imidazole rings is 1. The first-order chi connectivity index (χ1) is 8.24. The van der Waals surface area contributed by atoms with Crippen molar-refractivity contribution in [2.24, 2.45) is 0 Å². The molecule has 0 N–H and O–H groups in total. The average molecular weight is 292 g/mol. The van der Waals surface area contributed by atoms with Gasteiger partial charge in [0, 0.05) is 5.56 Å².